The number of hydrogen-bond donors (Lipinski definition) is 1. The van der Waals surface area contributed by atoms with Gasteiger partial charge < -0.3 is 4.74 Å². The van der Waals surface area contributed by atoms with Gasteiger partial charge in [0, 0.05) is 5.41 Å². The predicted octanol–water partition coefficient (Wildman–Crippen LogP) is 3.65. The summed E-state index contributed by atoms with van der Waals surface area (Å²) in [6, 6.07) is 6.64. The Hall–Kier alpha value is -0.630. The minimum atomic E-state index is 0.388. The van der Waals surface area contributed by atoms with Crippen molar-refractivity contribution in [2.75, 3.05) is 12.4 Å². The van der Waals surface area contributed by atoms with Crippen LogP contribution in [0.5, 0.6) is 5.75 Å². The van der Waals surface area contributed by atoms with E-state index in [1.54, 1.807) is 0 Å². The van der Waals surface area contributed by atoms with Crippen LogP contribution in [0.25, 0.3) is 0 Å². The Morgan fingerprint density at radius 1 is 1.12 bits per heavy atom. The molecule has 1 saturated carbocycles. The third-order valence-electron chi connectivity index (χ3n) is 4.16. The van der Waals surface area contributed by atoms with Crippen LogP contribution < -0.4 is 4.74 Å². The third-order valence-corrected chi connectivity index (χ3v) is 4.83. The molecule has 2 aliphatic rings. The monoisotopic (exact) mass is 248 g/mol. The fraction of sp³-hybridized carbons (Fsp3) is 0.600. The Bertz CT molecular complexity index is 409. The van der Waals surface area contributed by atoms with E-state index in [1.165, 1.54) is 49.7 Å². The molecule has 0 spiro atoms. The van der Waals surface area contributed by atoms with Crippen LogP contribution in [0.2, 0.25) is 0 Å². The Morgan fingerprint density at radius 2 is 1.88 bits per heavy atom. The molecule has 1 aromatic rings. The van der Waals surface area contributed by atoms with E-state index in [2.05, 4.69) is 30.8 Å². The van der Waals surface area contributed by atoms with E-state index in [1.807, 2.05) is 0 Å². The Kier molecular flexibility index (Phi) is 3.08. The van der Waals surface area contributed by atoms with Gasteiger partial charge in [-0.05, 0) is 67.5 Å². The standard InChI is InChI=1S/C15H20OS/c17-11-15(7-8-15)10-16-14-6-5-12-3-1-2-4-13(12)9-14/h5-6,9,17H,1-4,7-8,10-11H2. The Morgan fingerprint density at radius 3 is 2.59 bits per heavy atom. The highest BCUT2D eigenvalue weighted by molar-refractivity contribution is 7.80. The number of ether oxygens (including phenoxy) is 1. The van der Waals surface area contributed by atoms with Crippen molar-refractivity contribution in [3.8, 4) is 5.75 Å². The van der Waals surface area contributed by atoms with Crippen LogP contribution in [-0.4, -0.2) is 12.4 Å². The first-order valence-corrected chi connectivity index (χ1v) is 7.30. The third kappa shape index (κ3) is 2.47. The van der Waals surface area contributed by atoms with Gasteiger partial charge in [-0.3, -0.25) is 0 Å². The first-order chi connectivity index (χ1) is 8.31. The maximum atomic E-state index is 5.94. The molecule has 0 radical (unpaired) electrons. The van der Waals surface area contributed by atoms with Gasteiger partial charge in [-0.1, -0.05) is 6.07 Å². The molecule has 1 nitrogen and oxygen atoms in total. The molecule has 0 aliphatic heterocycles. The molecule has 0 saturated heterocycles. The summed E-state index contributed by atoms with van der Waals surface area (Å²) >= 11 is 4.41. The minimum absolute atomic E-state index is 0.388. The van der Waals surface area contributed by atoms with Crippen LogP contribution >= 0.6 is 12.6 Å². The Balaban J connectivity index is 1.67. The van der Waals surface area contributed by atoms with Crippen molar-refractivity contribution in [1.29, 1.82) is 0 Å². The lowest BCUT2D eigenvalue weighted by atomic mass is 9.92. The fourth-order valence-corrected chi connectivity index (χ4v) is 2.97. The summed E-state index contributed by atoms with van der Waals surface area (Å²) in [5.74, 6) is 2.01. The van der Waals surface area contributed by atoms with E-state index >= 15 is 0 Å². The first-order valence-electron chi connectivity index (χ1n) is 6.67. The molecule has 2 aliphatic carbocycles. The van der Waals surface area contributed by atoms with Crippen molar-refractivity contribution in [1.82, 2.24) is 0 Å². The molecular formula is C15H20OS. The zero-order chi connectivity index (χ0) is 11.7. The van der Waals surface area contributed by atoms with Crippen LogP contribution in [0, 0.1) is 5.41 Å². The zero-order valence-corrected chi connectivity index (χ0v) is 11.1. The minimum Gasteiger partial charge on any atom is -0.493 e. The predicted molar refractivity (Wildman–Crippen MR) is 74.1 cm³/mol. The van der Waals surface area contributed by atoms with Gasteiger partial charge in [0.2, 0.25) is 0 Å². The highest BCUT2D eigenvalue weighted by Crippen LogP contribution is 2.46. The second-order valence-corrected chi connectivity index (χ2v) is 5.90. The molecule has 3 rings (SSSR count). The molecule has 0 bridgehead atoms. The van der Waals surface area contributed by atoms with Gasteiger partial charge in [0.05, 0.1) is 6.61 Å². The second-order valence-electron chi connectivity index (χ2n) is 5.58. The van der Waals surface area contributed by atoms with Crippen LogP contribution in [0.15, 0.2) is 18.2 Å². The summed E-state index contributed by atoms with van der Waals surface area (Å²) in [7, 11) is 0. The van der Waals surface area contributed by atoms with E-state index < -0.39 is 0 Å². The summed E-state index contributed by atoms with van der Waals surface area (Å²) in [5.41, 5.74) is 3.42. The van der Waals surface area contributed by atoms with Gasteiger partial charge in [-0.25, -0.2) is 0 Å². The molecule has 0 N–H and O–H groups in total. The number of benzene rings is 1. The van der Waals surface area contributed by atoms with E-state index in [4.69, 9.17) is 4.74 Å². The average Bonchev–Trinajstić information content (AvgIpc) is 3.17. The SMILES string of the molecule is SCC1(COc2ccc3c(c2)CCCC3)CC1. The van der Waals surface area contributed by atoms with E-state index in [9.17, 15) is 0 Å². The highest BCUT2D eigenvalue weighted by atomic mass is 32.1. The fourth-order valence-electron chi connectivity index (χ4n) is 2.56. The van der Waals surface area contributed by atoms with Crippen LogP contribution in [-0.2, 0) is 12.8 Å². The smallest absolute Gasteiger partial charge is 0.119 e. The maximum absolute atomic E-state index is 5.94. The molecule has 17 heavy (non-hydrogen) atoms. The van der Waals surface area contributed by atoms with Gasteiger partial charge >= 0.3 is 0 Å². The van der Waals surface area contributed by atoms with Gasteiger partial charge in [-0.15, -0.1) is 0 Å². The van der Waals surface area contributed by atoms with Crippen LogP contribution in [0.1, 0.15) is 36.8 Å². The molecule has 0 heterocycles. The largest absolute Gasteiger partial charge is 0.493 e. The van der Waals surface area contributed by atoms with E-state index in [0.29, 0.717) is 5.41 Å². The summed E-state index contributed by atoms with van der Waals surface area (Å²) in [5, 5.41) is 0. The van der Waals surface area contributed by atoms with E-state index in [-0.39, 0.29) is 0 Å². The number of aryl methyl sites for hydroxylation is 2. The van der Waals surface area contributed by atoms with Gasteiger partial charge in [0.15, 0.2) is 0 Å². The van der Waals surface area contributed by atoms with Crippen LogP contribution in [0.3, 0.4) is 0 Å². The lowest BCUT2D eigenvalue weighted by Crippen LogP contribution is -2.15. The second kappa shape index (κ2) is 4.56. The highest BCUT2D eigenvalue weighted by Gasteiger charge is 2.42. The first kappa shape index (κ1) is 11.5. The summed E-state index contributed by atoms with van der Waals surface area (Å²) in [4.78, 5) is 0. The lowest BCUT2D eigenvalue weighted by molar-refractivity contribution is 0.250. The molecule has 1 fully saturated rings. The van der Waals surface area contributed by atoms with Crippen molar-refractivity contribution in [2.45, 2.75) is 38.5 Å². The molecule has 0 atom stereocenters. The topological polar surface area (TPSA) is 9.23 Å². The molecule has 0 aromatic heterocycles. The number of thiol groups is 1. The molecule has 92 valence electrons. The number of rotatable bonds is 4. The van der Waals surface area contributed by atoms with Crippen molar-refractivity contribution in [2.24, 2.45) is 5.41 Å². The summed E-state index contributed by atoms with van der Waals surface area (Å²) < 4.78 is 5.94. The molecule has 0 amide bonds. The number of fused-ring (bicyclic) bond motifs is 1. The zero-order valence-electron chi connectivity index (χ0n) is 10.2. The molecular weight excluding hydrogens is 228 g/mol. The Labute approximate surface area is 109 Å². The summed E-state index contributed by atoms with van der Waals surface area (Å²) in [6.07, 6.45) is 7.70. The van der Waals surface area contributed by atoms with Gasteiger partial charge in [-0.2, -0.15) is 12.6 Å². The van der Waals surface area contributed by atoms with Crippen molar-refractivity contribution in [3.63, 3.8) is 0 Å². The van der Waals surface area contributed by atoms with Crippen molar-refractivity contribution in [3.05, 3.63) is 29.3 Å². The summed E-state index contributed by atoms with van der Waals surface area (Å²) in [6.45, 7) is 0.843. The van der Waals surface area contributed by atoms with Gasteiger partial charge in [0.1, 0.15) is 5.75 Å². The van der Waals surface area contributed by atoms with Crippen molar-refractivity contribution >= 4 is 12.6 Å². The normalized spacial score (nSPS) is 20.8. The molecule has 2 heteroatoms. The molecule has 1 aromatic carbocycles. The average molecular weight is 248 g/mol. The lowest BCUT2D eigenvalue weighted by Gasteiger charge is -2.18. The van der Waals surface area contributed by atoms with Gasteiger partial charge in [0.25, 0.3) is 0 Å². The quantitative estimate of drug-likeness (QED) is 0.800. The van der Waals surface area contributed by atoms with Crippen LogP contribution in [0.4, 0.5) is 0 Å². The van der Waals surface area contributed by atoms with Crippen molar-refractivity contribution < 1.29 is 4.74 Å². The molecule has 0 unspecified atom stereocenters. The number of hydrogen-bond acceptors (Lipinski definition) is 2. The maximum Gasteiger partial charge on any atom is 0.119 e. The van der Waals surface area contributed by atoms with E-state index in [0.717, 1.165) is 18.1 Å².